The van der Waals surface area contributed by atoms with E-state index in [2.05, 4.69) is 48.5 Å². The third kappa shape index (κ3) is 4.81. The number of para-hydroxylation sites is 1. The van der Waals surface area contributed by atoms with Gasteiger partial charge >= 0.3 is 0 Å². The van der Waals surface area contributed by atoms with Crippen molar-refractivity contribution in [2.45, 2.75) is 6.92 Å². The molecule has 0 aliphatic heterocycles. The van der Waals surface area contributed by atoms with Crippen molar-refractivity contribution < 1.29 is 9.47 Å². The molecule has 5 aromatic carbocycles. The van der Waals surface area contributed by atoms with Gasteiger partial charge in [0, 0.05) is 0 Å². The zero-order chi connectivity index (χ0) is 22.5. The second-order valence-electron chi connectivity index (χ2n) is 7.89. The van der Waals surface area contributed by atoms with Gasteiger partial charge in [0.1, 0.15) is 11.5 Å². The lowest BCUT2D eigenvalue weighted by atomic mass is 10.1. The van der Waals surface area contributed by atoms with Gasteiger partial charge in [0.25, 0.3) is 0 Å². The summed E-state index contributed by atoms with van der Waals surface area (Å²) >= 11 is 0. The molecule has 0 spiro atoms. The molecule has 0 saturated heterocycles. The predicted molar refractivity (Wildman–Crippen MR) is 135 cm³/mol. The normalized spacial score (nSPS) is 10.6. The second kappa shape index (κ2) is 9.46. The van der Waals surface area contributed by atoms with E-state index in [-0.39, 0.29) is 0 Å². The summed E-state index contributed by atoms with van der Waals surface area (Å²) in [7, 11) is 0. The Bertz CT molecular complexity index is 1320. The molecule has 0 unspecified atom stereocenters. The number of benzene rings is 5. The Morgan fingerprint density at radius 3 is 1.36 bits per heavy atom. The first kappa shape index (κ1) is 20.6. The van der Waals surface area contributed by atoms with E-state index in [0.717, 1.165) is 33.9 Å². The van der Waals surface area contributed by atoms with E-state index >= 15 is 0 Å². The van der Waals surface area contributed by atoms with Crippen molar-refractivity contribution in [1.29, 1.82) is 0 Å². The number of ether oxygens (including phenoxy) is 2. The van der Waals surface area contributed by atoms with Gasteiger partial charge in [-0.25, -0.2) is 0 Å². The maximum Gasteiger partial charge on any atom is 0.172 e. The van der Waals surface area contributed by atoms with Gasteiger partial charge in [-0.2, -0.15) is 0 Å². The smallest absolute Gasteiger partial charge is 0.172 e. The van der Waals surface area contributed by atoms with Gasteiger partial charge in [-0.3, -0.25) is 0 Å². The van der Waals surface area contributed by atoms with Gasteiger partial charge in [-0.15, -0.1) is 0 Å². The lowest BCUT2D eigenvalue weighted by Crippen LogP contribution is -1.93. The van der Waals surface area contributed by atoms with Crippen LogP contribution in [0.25, 0.3) is 22.3 Å². The molecule has 0 amide bonds. The van der Waals surface area contributed by atoms with Crippen molar-refractivity contribution in [3.63, 3.8) is 0 Å². The van der Waals surface area contributed by atoms with Crippen LogP contribution >= 0.6 is 0 Å². The Hall–Kier alpha value is -4.30. The van der Waals surface area contributed by atoms with Gasteiger partial charge in [-0.05, 0) is 65.1 Å². The first-order chi connectivity index (χ1) is 16.3. The molecule has 0 aromatic heterocycles. The molecule has 5 rings (SSSR count). The van der Waals surface area contributed by atoms with Gasteiger partial charge in [0.15, 0.2) is 11.5 Å². The third-order valence-corrected chi connectivity index (χ3v) is 5.55. The molecule has 0 heterocycles. The van der Waals surface area contributed by atoms with Crippen LogP contribution in [0.3, 0.4) is 0 Å². The monoisotopic (exact) mass is 428 g/mol. The molecule has 0 bridgehead atoms. The van der Waals surface area contributed by atoms with Crippen LogP contribution in [0.2, 0.25) is 0 Å². The average Bonchev–Trinajstić information content (AvgIpc) is 2.88. The van der Waals surface area contributed by atoms with E-state index < -0.39 is 0 Å². The van der Waals surface area contributed by atoms with Crippen LogP contribution in [-0.2, 0) is 0 Å². The lowest BCUT2D eigenvalue weighted by molar-refractivity contribution is 0.416. The van der Waals surface area contributed by atoms with Gasteiger partial charge in [0.2, 0.25) is 0 Å². The van der Waals surface area contributed by atoms with Crippen molar-refractivity contribution in [3.05, 3.63) is 133 Å². The summed E-state index contributed by atoms with van der Waals surface area (Å²) in [5, 5.41) is 0. The Labute approximate surface area is 194 Å². The van der Waals surface area contributed by atoms with E-state index in [1.54, 1.807) is 0 Å². The molecular weight excluding hydrogens is 404 g/mol. The van der Waals surface area contributed by atoms with Crippen LogP contribution in [0, 0.1) is 6.92 Å². The summed E-state index contributed by atoms with van der Waals surface area (Å²) in [6, 6.07) is 42.8. The molecule has 0 atom stereocenters. The number of rotatable bonds is 6. The summed E-state index contributed by atoms with van der Waals surface area (Å²) < 4.78 is 12.5. The van der Waals surface area contributed by atoms with Crippen LogP contribution < -0.4 is 9.47 Å². The fourth-order valence-corrected chi connectivity index (χ4v) is 3.77. The molecule has 2 nitrogen and oxygen atoms in total. The maximum atomic E-state index is 6.27. The molecule has 160 valence electrons. The topological polar surface area (TPSA) is 18.5 Å². The highest BCUT2D eigenvalue weighted by molar-refractivity contribution is 5.65. The van der Waals surface area contributed by atoms with Crippen molar-refractivity contribution >= 4 is 0 Å². The van der Waals surface area contributed by atoms with Crippen molar-refractivity contribution in [2.24, 2.45) is 0 Å². The minimum atomic E-state index is 0.689. The number of aryl methyl sites for hydroxylation is 1. The quantitative estimate of drug-likeness (QED) is 0.269. The zero-order valence-electron chi connectivity index (χ0n) is 18.4. The fourth-order valence-electron chi connectivity index (χ4n) is 3.77. The Kier molecular flexibility index (Phi) is 5.90. The molecule has 0 radical (unpaired) electrons. The Morgan fingerprint density at radius 2 is 0.848 bits per heavy atom. The molecule has 2 heteroatoms. The fraction of sp³-hybridized carbons (Fsp3) is 0.0323. The Balaban J connectivity index is 1.36. The molecule has 0 aliphatic rings. The largest absolute Gasteiger partial charge is 0.453 e. The van der Waals surface area contributed by atoms with Crippen LogP contribution in [-0.4, -0.2) is 0 Å². The molecule has 33 heavy (non-hydrogen) atoms. The van der Waals surface area contributed by atoms with Gasteiger partial charge in [0.05, 0.1) is 0 Å². The number of hydrogen-bond donors (Lipinski definition) is 0. The van der Waals surface area contributed by atoms with E-state index in [1.165, 1.54) is 11.1 Å². The van der Waals surface area contributed by atoms with Crippen LogP contribution in [0.15, 0.2) is 127 Å². The number of hydrogen-bond acceptors (Lipinski definition) is 2. The Morgan fingerprint density at radius 1 is 0.394 bits per heavy atom. The molecule has 0 saturated carbocycles. The molecule has 0 aliphatic carbocycles. The van der Waals surface area contributed by atoms with Gasteiger partial charge < -0.3 is 9.47 Å². The third-order valence-electron chi connectivity index (χ3n) is 5.55. The second-order valence-corrected chi connectivity index (χ2v) is 7.89. The van der Waals surface area contributed by atoms with E-state index in [0.29, 0.717) is 5.75 Å². The van der Waals surface area contributed by atoms with Crippen LogP contribution in [0.4, 0.5) is 0 Å². The zero-order valence-corrected chi connectivity index (χ0v) is 18.4. The lowest BCUT2D eigenvalue weighted by Gasteiger charge is -2.15. The van der Waals surface area contributed by atoms with E-state index in [9.17, 15) is 0 Å². The maximum absolute atomic E-state index is 6.27. The van der Waals surface area contributed by atoms with Gasteiger partial charge in [-0.1, -0.05) is 97.1 Å². The molecule has 0 N–H and O–H groups in total. The van der Waals surface area contributed by atoms with Crippen molar-refractivity contribution in [2.75, 3.05) is 0 Å². The predicted octanol–water partition coefficient (Wildman–Crippen LogP) is 8.91. The molecule has 5 aromatic rings. The SMILES string of the molecule is Cc1cccc(Oc2ccc(-c3ccccc3)cc2)c1Oc1ccc(-c2ccccc2)cc1. The highest BCUT2D eigenvalue weighted by Crippen LogP contribution is 2.38. The molecular formula is C31H24O2. The van der Waals surface area contributed by atoms with Crippen LogP contribution in [0.1, 0.15) is 5.56 Å². The first-order valence-corrected chi connectivity index (χ1v) is 11.0. The van der Waals surface area contributed by atoms with Crippen molar-refractivity contribution in [1.82, 2.24) is 0 Å². The van der Waals surface area contributed by atoms with E-state index in [4.69, 9.17) is 9.47 Å². The average molecular weight is 429 g/mol. The molecule has 0 fully saturated rings. The summed E-state index contributed by atoms with van der Waals surface area (Å²) in [5.74, 6) is 2.95. The highest BCUT2D eigenvalue weighted by Gasteiger charge is 2.11. The minimum absolute atomic E-state index is 0.689. The minimum Gasteiger partial charge on any atom is -0.453 e. The summed E-state index contributed by atoms with van der Waals surface area (Å²) in [4.78, 5) is 0. The van der Waals surface area contributed by atoms with E-state index in [1.807, 2.05) is 85.8 Å². The summed E-state index contributed by atoms with van der Waals surface area (Å²) in [5.41, 5.74) is 5.69. The van der Waals surface area contributed by atoms with Crippen LogP contribution in [0.5, 0.6) is 23.0 Å². The summed E-state index contributed by atoms with van der Waals surface area (Å²) in [6.45, 7) is 2.03. The highest BCUT2D eigenvalue weighted by atomic mass is 16.5. The van der Waals surface area contributed by atoms with Crippen molar-refractivity contribution in [3.8, 4) is 45.3 Å². The first-order valence-electron chi connectivity index (χ1n) is 11.0. The summed E-state index contributed by atoms with van der Waals surface area (Å²) in [6.07, 6.45) is 0. The standard InChI is InChI=1S/C31H24O2/c1-23-9-8-14-30(32-28-19-15-26(16-20-28)24-10-4-2-5-11-24)31(23)33-29-21-17-27(18-22-29)25-12-6-3-7-13-25/h2-22H,1H3.